The van der Waals surface area contributed by atoms with Gasteiger partial charge in [-0.1, -0.05) is 0 Å². The molecule has 3 nitrogen and oxygen atoms in total. The van der Waals surface area contributed by atoms with Gasteiger partial charge in [0.1, 0.15) is 0 Å². The van der Waals surface area contributed by atoms with Gasteiger partial charge in [-0.15, -0.1) is 0 Å². The number of likely N-dealkylation sites (N-methyl/N-ethyl adjacent to an activating group) is 1. The van der Waals surface area contributed by atoms with Crippen LogP contribution < -0.4 is 5.73 Å². The molecule has 2 aliphatic rings. The second kappa shape index (κ2) is 3.95. The van der Waals surface area contributed by atoms with E-state index < -0.39 is 0 Å². The van der Waals surface area contributed by atoms with Gasteiger partial charge in [0.05, 0.1) is 13.2 Å². The third-order valence-corrected chi connectivity index (χ3v) is 3.56. The van der Waals surface area contributed by atoms with Crippen molar-refractivity contribution in [3.63, 3.8) is 0 Å². The van der Waals surface area contributed by atoms with Crippen molar-refractivity contribution in [3.8, 4) is 0 Å². The molecular weight excluding hydrogens is 164 g/mol. The molecule has 0 aromatic heterocycles. The fourth-order valence-corrected chi connectivity index (χ4v) is 2.68. The molecular formula is C10H20N2O. The highest BCUT2D eigenvalue weighted by Gasteiger charge is 2.36. The topological polar surface area (TPSA) is 38.5 Å². The van der Waals surface area contributed by atoms with E-state index in [4.69, 9.17) is 10.5 Å². The minimum absolute atomic E-state index is 0.657. The molecule has 3 heteroatoms. The van der Waals surface area contributed by atoms with Gasteiger partial charge in [0.25, 0.3) is 0 Å². The average Bonchev–Trinajstić information content (AvgIpc) is 2.07. The first kappa shape index (κ1) is 9.44. The second-order valence-electron chi connectivity index (χ2n) is 4.43. The van der Waals surface area contributed by atoms with Crippen molar-refractivity contribution in [2.75, 3.05) is 26.8 Å². The molecule has 2 unspecified atom stereocenters. The lowest BCUT2D eigenvalue weighted by molar-refractivity contribution is -0.0753. The average molecular weight is 184 g/mol. The highest BCUT2D eigenvalue weighted by Crippen LogP contribution is 2.31. The lowest BCUT2D eigenvalue weighted by Gasteiger charge is -2.46. The minimum Gasteiger partial charge on any atom is -0.378 e. The van der Waals surface area contributed by atoms with E-state index in [1.54, 1.807) is 0 Å². The molecule has 2 fully saturated rings. The van der Waals surface area contributed by atoms with E-state index in [9.17, 15) is 0 Å². The quantitative estimate of drug-likeness (QED) is 0.677. The zero-order valence-corrected chi connectivity index (χ0v) is 8.41. The fraction of sp³-hybridized carbons (Fsp3) is 1.00. The third-order valence-electron chi connectivity index (χ3n) is 3.56. The smallest absolute Gasteiger partial charge is 0.0622 e. The number of morpholine rings is 1. The maximum absolute atomic E-state index is 5.60. The van der Waals surface area contributed by atoms with Gasteiger partial charge in [0.15, 0.2) is 0 Å². The Kier molecular flexibility index (Phi) is 2.86. The van der Waals surface area contributed by atoms with Crippen LogP contribution in [0, 0.1) is 5.92 Å². The highest BCUT2D eigenvalue weighted by molar-refractivity contribution is 4.89. The number of fused-ring (bicyclic) bond motifs is 2. The molecule has 2 saturated heterocycles. The van der Waals surface area contributed by atoms with Crippen LogP contribution in [0.2, 0.25) is 0 Å². The van der Waals surface area contributed by atoms with Crippen molar-refractivity contribution >= 4 is 0 Å². The van der Waals surface area contributed by atoms with E-state index >= 15 is 0 Å². The molecule has 2 heterocycles. The summed E-state index contributed by atoms with van der Waals surface area (Å²) in [7, 11) is 2.23. The predicted octanol–water partition coefficient (Wildman–Crippen LogP) is 0.444. The molecule has 2 atom stereocenters. The zero-order valence-electron chi connectivity index (χ0n) is 8.41. The number of ether oxygens (including phenoxy) is 1. The molecule has 0 radical (unpaired) electrons. The fourth-order valence-electron chi connectivity index (χ4n) is 2.68. The Hall–Kier alpha value is -0.120. The summed E-state index contributed by atoms with van der Waals surface area (Å²) in [6, 6.07) is 1.31. The minimum atomic E-state index is 0.657. The molecule has 0 aromatic carbocycles. The van der Waals surface area contributed by atoms with Gasteiger partial charge in [-0.05, 0) is 38.8 Å². The van der Waals surface area contributed by atoms with E-state index in [0.29, 0.717) is 12.1 Å². The van der Waals surface area contributed by atoms with Crippen LogP contribution in [-0.2, 0) is 4.74 Å². The molecule has 76 valence electrons. The SMILES string of the molecule is CN1C2COCC1CC(CCN)C2. The number of nitrogens with two attached hydrogens (primary N) is 1. The van der Waals surface area contributed by atoms with E-state index in [1.807, 2.05) is 0 Å². The Morgan fingerprint density at radius 1 is 1.31 bits per heavy atom. The first-order chi connectivity index (χ1) is 6.31. The third kappa shape index (κ3) is 1.87. The van der Waals surface area contributed by atoms with Crippen LogP contribution in [0.5, 0.6) is 0 Å². The van der Waals surface area contributed by atoms with Gasteiger partial charge in [0.2, 0.25) is 0 Å². The van der Waals surface area contributed by atoms with Gasteiger partial charge in [-0.2, -0.15) is 0 Å². The monoisotopic (exact) mass is 184 g/mol. The van der Waals surface area contributed by atoms with Crippen LogP contribution in [0.3, 0.4) is 0 Å². The van der Waals surface area contributed by atoms with Crippen LogP contribution in [0.1, 0.15) is 19.3 Å². The van der Waals surface area contributed by atoms with Gasteiger partial charge in [0, 0.05) is 12.1 Å². The highest BCUT2D eigenvalue weighted by atomic mass is 16.5. The van der Waals surface area contributed by atoms with Gasteiger partial charge >= 0.3 is 0 Å². The summed E-state index contributed by atoms with van der Waals surface area (Å²) in [5, 5.41) is 0. The number of hydrogen-bond donors (Lipinski definition) is 1. The lowest BCUT2D eigenvalue weighted by Crippen LogP contribution is -2.55. The molecule has 2 bridgehead atoms. The largest absolute Gasteiger partial charge is 0.378 e. The maximum Gasteiger partial charge on any atom is 0.0622 e. The van der Waals surface area contributed by atoms with Crippen molar-refractivity contribution in [2.24, 2.45) is 11.7 Å². The summed E-state index contributed by atoms with van der Waals surface area (Å²) in [5.41, 5.74) is 5.60. The van der Waals surface area contributed by atoms with E-state index in [-0.39, 0.29) is 0 Å². The van der Waals surface area contributed by atoms with Gasteiger partial charge < -0.3 is 10.5 Å². The van der Waals surface area contributed by atoms with Crippen molar-refractivity contribution < 1.29 is 4.74 Å². The maximum atomic E-state index is 5.60. The molecule has 2 aliphatic heterocycles. The Morgan fingerprint density at radius 3 is 2.46 bits per heavy atom. The summed E-state index contributed by atoms with van der Waals surface area (Å²) in [6.07, 6.45) is 3.76. The van der Waals surface area contributed by atoms with Crippen molar-refractivity contribution in [1.29, 1.82) is 0 Å². The molecule has 0 amide bonds. The van der Waals surface area contributed by atoms with Gasteiger partial charge in [-0.3, -0.25) is 4.90 Å². The Bertz CT molecular complexity index is 160. The van der Waals surface area contributed by atoms with Gasteiger partial charge in [-0.25, -0.2) is 0 Å². The molecule has 0 spiro atoms. The van der Waals surface area contributed by atoms with Crippen LogP contribution in [0.25, 0.3) is 0 Å². The number of nitrogens with zero attached hydrogens (tertiary/aromatic N) is 1. The molecule has 2 N–H and O–H groups in total. The van der Waals surface area contributed by atoms with Crippen LogP contribution in [0.4, 0.5) is 0 Å². The zero-order chi connectivity index (χ0) is 9.26. The first-order valence-corrected chi connectivity index (χ1v) is 5.31. The van der Waals surface area contributed by atoms with E-state index in [1.165, 1.54) is 19.3 Å². The summed E-state index contributed by atoms with van der Waals surface area (Å²) in [5.74, 6) is 0.847. The van der Waals surface area contributed by atoms with Crippen molar-refractivity contribution in [1.82, 2.24) is 4.90 Å². The number of piperidine rings is 1. The summed E-state index contributed by atoms with van der Waals surface area (Å²) >= 11 is 0. The Labute approximate surface area is 80.2 Å². The lowest BCUT2D eigenvalue weighted by atomic mass is 9.83. The van der Waals surface area contributed by atoms with Crippen LogP contribution >= 0.6 is 0 Å². The molecule has 0 saturated carbocycles. The van der Waals surface area contributed by atoms with Crippen molar-refractivity contribution in [3.05, 3.63) is 0 Å². The second-order valence-corrected chi connectivity index (χ2v) is 4.43. The number of hydrogen-bond acceptors (Lipinski definition) is 3. The van der Waals surface area contributed by atoms with Crippen LogP contribution in [-0.4, -0.2) is 43.8 Å². The van der Waals surface area contributed by atoms with E-state index in [0.717, 1.165) is 25.7 Å². The summed E-state index contributed by atoms with van der Waals surface area (Å²) < 4.78 is 5.56. The standard InChI is InChI=1S/C10H20N2O/c1-12-9-4-8(2-3-11)5-10(12)7-13-6-9/h8-10H,2-7,11H2,1H3. The molecule has 0 aromatic rings. The normalized spacial score (nSPS) is 40.6. The molecule has 0 aliphatic carbocycles. The van der Waals surface area contributed by atoms with E-state index in [2.05, 4.69) is 11.9 Å². The first-order valence-electron chi connectivity index (χ1n) is 5.31. The molecule has 13 heavy (non-hydrogen) atoms. The summed E-state index contributed by atoms with van der Waals surface area (Å²) in [4.78, 5) is 2.50. The summed E-state index contributed by atoms with van der Waals surface area (Å²) in [6.45, 7) is 2.69. The predicted molar refractivity (Wildman–Crippen MR) is 52.6 cm³/mol. The number of rotatable bonds is 2. The Balaban J connectivity index is 1.95. The Morgan fingerprint density at radius 2 is 1.92 bits per heavy atom. The van der Waals surface area contributed by atoms with Crippen molar-refractivity contribution in [2.45, 2.75) is 31.3 Å². The molecule has 2 rings (SSSR count). The van der Waals surface area contributed by atoms with Crippen LogP contribution in [0.15, 0.2) is 0 Å².